The van der Waals surface area contributed by atoms with Crippen LogP contribution in [0.2, 0.25) is 0 Å². The van der Waals surface area contributed by atoms with E-state index in [9.17, 15) is 10.1 Å². The molecule has 1 aromatic heterocycles. The number of rotatable bonds is 3. The van der Waals surface area contributed by atoms with Crippen molar-refractivity contribution in [2.45, 2.75) is 19.1 Å². The minimum atomic E-state index is -0.448. The van der Waals surface area contributed by atoms with Gasteiger partial charge >= 0.3 is 5.69 Å². The standard InChI is InChI=1S/C10H16N4O4/c1-7-3-13(4-8(6-15)18-7)10-9(14(16)17)5-12(2)11-10/h5,7-8,15H,3-4,6H2,1-2H3. The topological polar surface area (TPSA) is 93.7 Å². The van der Waals surface area contributed by atoms with Gasteiger partial charge in [0.2, 0.25) is 5.82 Å². The largest absolute Gasteiger partial charge is 0.394 e. The summed E-state index contributed by atoms with van der Waals surface area (Å²) in [7, 11) is 1.64. The van der Waals surface area contributed by atoms with Gasteiger partial charge in [0, 0.05) is 20.1 Å². The summed E-state index contributed by atoms with van der Waals surface area (Å²) >= 11 is 0. The Morgan fingerprint density at radius 2 is 2.39 bits per heavy atom. The number of nitrogens with zero attached hydrogens (tertiary/aromatic N) is 4. The highest BCUT2D eigenvalue weighted by Crippen LogP contribution is 2.28. The molecule has 0 bridgehead atoms. The molecule has 1 N–H and O–H groups in total. The quantitative estimate of drug-likeness (QED) is 0.600. The van der Waals surface area contributed by atoms with E-state index in [1.807, 2.05) is 6.92 Å². The molecule has 2 heterocycles. The first kappa shape index (κ1) is 12.8. The molecule has 0 amide bonds. The van der Waals surface area contributed by atoms with Crippen LogP contribution >= 0.6 is 0 Å². The van der Waals surface area contributed by atoms with Crippen molar-refractivity contribution in [1.82, 2.24) is 9.78 Å². The monoisotopic (exact) mass is 256 g/mol. The lowest BCUT2D eigenvalue weighted by atomic mass is 10.2. The Morgan fingerprint density at radius 3 is 3.00 bits per heavy atom. The summed E-state index contributed by atoms with van der Waals surface area (Å²) < 4.78 is 6.92. The van der Waals surface area contributed by atoms with E-state index >= 15 is 0 Å². The van der Waals surface area contributed by atoms with E-state index in [1.54, 1.807) is 11.9 Å². The average Bonchev–Trinajstić information content (AvgIpc) is 2.70. The number of ether oxygens (including phenoxy) is 1. The van der Waals surface area contributed by atoms with Crippen molar-refractivity contribution >= 4 is 11.5 Å². The van der Waals surface area contributed by atoms with Gasteiger partial charge in [0.1, 0.15) is 6.20 Å². The molecule has 8 heteroatoms. The van der Waals surface area contributed by atoms with Crippen LogP contribution in [-0.2, 0) is 11.8 Å². The fourth-order valence-electron chi connectivity index (χ4n) is 2.14. The minimum Gasteiger partial charge on any atom is -0.394 e. The number of morpholine rings is 1. The van der Waals surface area contributed by atoms with Crippen LogP contribution in [0.25, 0.3) is 0 Å². The van der Waals surface area contributed by atoms with Crippen LogP contribution in [0.1, 0.15) is 6.92 Å². The van der Waals surface area contributed by atoms with E-state index in [1.165, 1.54) is 10.9 Å². The first-order valence-electron chi connectivity index (χ1n) is 5.70. The molecule has 1 fully saturated rings. The van der Waals surface area contributed by atoms with E-state index in [-0.39, 0.29) is 24.5 Å². The molecule has 18 heavy (non-hydrogen) atoms. The zero-order valence-corrected chi connectivity index (χ0v) is 10.3. The summed E-state index contributed by atoms with van der Waals surface area (Å²) in [6, 6.07) is 0. The Kier molecular flexibility index (Phi) is 3.48. The number of aryl methyl sites for hydroxylation is 1. The molecule has 2 unspecified atom stereocenters. The Bertz CT molecular complexity index is 447. The second-order valence-corrected chi connectivity index (χ2v) is 4.42. The molecule has 0 radical (unpaired) electrons. The van der Waals surface area contributed by atoms with Crippen molar-refractivity contribution in [2.75, 3.05) is 24.6 Å². The number of aromatic nitrogens is 2. The summed E-state index contributed by atoms with van der Waals surface area (Å²) in [5, 5.41) is 24.2. The van der Waals surface area contributed by atoms with Crippen molar-refractivity contribution in [1.29, 1.82) is 0 Å². The minimum absolute atomic E-state index is 0.0247. The molecule has 100 valence electrons. The molecule has 8 nitrogen and oxygen atoms in total. The van der Waals surface area contributed by atoms with Gasteiger partial charge in [-0.3, -0.25) is 14.8 Å². The maximum absolute atomic E-state index is 11.0. The third-order valence-electron chi connectivity index (χ3n) is 2.82. The first-order valence-corrected chi connectivity index (χ1v) is 5.70. The number of anilines is 1. The van der Waals surface area contributed by atoms with Crippen LogP contribution in [0.15, 0.2) is 6.20 Å². The highest BCUT2D eigenvalue weighted by atomic mass is 16.6. The molecule has 1 aliphatic heterocycles. The van der Waals surface area contributed by atoms with Gasteiger partial charge in [-0.1, -0.05) is 0 Å². The molecule has 1 aromatic rings. The molecule has 0 saturated carbocycles. The number of aliphatic hydroxyl groups excluding tert-OH is 1. The van der Waals surface area contributed by atoms with Crippen molar-refractivity contribution in [3.05, 3.63) is 16.3 Å². The maximum Gasteiger partial charge on any atom is 0.330 e. The molecule has 2 rings (SSSR count). The molecular formula is C10H16N4O4. The van der Waals surface area contributed by atoms with Gasteiger partial charge in [-0.15, -0.1) is 5.10 Å². The van der Waals surface area contributed by atoms with Crippen LogP contribution in [0.4, 0.5) is 11.5 Å². The summed E-state index contributed by atoms with van der Waals surface area (Å²) in [5.41, 5.74) is -0.0247. The summed E-state index contributed by atoms with van der Waals surface area (Å²) in [6.07, 6.45) is 0.941. The van der Waals surface area contributed by atoms with Crippen molar-refractivity contribution in [2.24, 2.45) is 7.05 Å². The third-order valence-corrected chi connectivity index (χ3v) is 2.82. The molecule has 2 atom stereocenters. The lowest BCUT2D eigenvalue weighted by Gasteiger charge is -2.35. The smallest absolute Gasteiger partial charge is 0.330 e. The predicted octanol–water partition coefficient (Wildman–Crippen LogP) is -0.0857. The normalized spacial score (nSPS) is 24.3. The number of aliphatic hydroxyl groups is 1. The van der Waals surface area contributed by atoms with E-state index < -0.39 is 4.92 Å². The summed E-state index contributed by atoms with van der Waals surface area (Å²) in [5.74, 6) is 0.330. The van der Waals surface area contributed by atoms with Crippen LogP contribution in [-0.4, -0.2) is 51.7 Å². The average molecular weight is 256 g/mol. The van der Waals surface area contributed by atoms with E-state index in [0.29, 0.717) is 18.9 Å². The molecule has 0 aromatic carbocycles. The van der Waals surface area contributed by atoms with Crippen LogP contribution in [0.5, 0.6) is 0 Å². The van der Waals surface area contributed by atoms with Gasteiger partial charge in [-0.2, -0.15) is 0 Å². The van der Waals surface area contributed by atoms with Gasteiger partial charge in [0.15, 0.2) is 0 Å². The van der Waals surface area contributed by atoms with Crippen LogP contribution in [0.3, 0.4) is 0 Å². The summed E-state index contributed by atoms with van der Waals surface area (Å²) in [6.45, 7) is 2.68. The molecule has 0 spiro atoms. The highest BCUT2D eigenvalue weighted by Gasteiger charge is 2.31. The fraction of sp³-hybridized carbons (Fsp3) is 0.700. The lowest BCUT2D eigenvalue weighted by Crippen LogP contribution is -2.48. The predicted molar refractivity (Wildman–Crippen MR) is 63.5 cm³/mol. The Labute approximate surface area is 104 Å². The number of hydrogen-bond acceptors (Lipinski definition) is 6. The zero-order chi connectivity index (χ0) is 13.3. The Morgan fingerprint density at radius 1 is 1.67 bits per heavy atom. The second kappa shape index (κ2) is 4.91. The van der Waals surface area contributed by atoms with E-state index in [4.69, 9.17) is 9.84 Å². The molecule has 1 saturated heterocycles. The van der Waals surface area contributed by atoms with E-state index in [2.05, 4.69) is 5.10 Å². The van der Waals surface area contributed by atoms with Crippen molar-refractivity contribution in [3.8, 4) is 0 Å². The highest BCUT2D eigenvalue weighted by molar-refractivity contribution is 5.57. The lowest BCUT2D eigenvalue weighted by molar-refractivity contribution is -0.384. The van der Waals surface area contributed by atoms with E-state index in [0.717, 1.165) is 0 Å². The van der Waals surface area contributed by atoms with Gasteiger partial charge in [0.05, 0.1) is 23.7 Å². The Balaban J connectivity index is 2.27. The zero-order valence-electron chi connectivity index (χ0n) is 10.3. The van der Waals surface area contributed by atoms with Crippen LogP contribution < -0.4 is 4.90 Å². The van der Waals surface area contributed by atoms with Gasteiger partial charge < -0.3 is 14.7 Å². The fourth-order valence-corrected chi connectivity index (χ4v) is 2.14. The van der Waals surface area contributed by atoms with Crippen molar-refractivity contribution < 1.29 is 14.8 Å². The van der Waals surface area contributed by atoms with Gasteiger partial charge in [0.25, 0.3) is 0 Å². The number of nitro groups is 1. The maximum atomic E-state index is 11.0. The third kappa shape index (κ3) is 2.44. The Hall–Kier alpha value is -1.67. The van der Waals surface area contributed by atoms with Crippen molar-refractivity contribution in [3.63, 3.8) is 0 Å². The molecular weight excluding hydrogens is 240 g/mol. The first-order chi connectivity index (χ1) is 8.51. The van der Waals surface area contributed by atoms with Crippen LogP contribution in [0, 0.1) is 10.1 Å². The number of hydrogen-bond donors (Lipinski definition) is 1. The second-order valence-electron chi connectivity index (χ2n) is 4.42. The van der Waals surface area contributed by atoms with Gasteiger partial charge in [-0.25, -0.2) is 0 Å². The molecule has 0 aliphatic carbocycles. The SMILES string of the molecule is CC1CN(c2nn(C)cc2[N+](=O)[O-])CC(CO)O1. The van der Waals surface area contributed by atoms with Gasteiger partial charge in [-0.05, 0) is 6.92 Å². The molecule has 1 aliphatic rings. The summed E-state index contributed by atoms with van der Waals surface area (Å²) in [4.78, 5) is 12.3.